The number of nitrogens with one attached hydrogen (secondary N) is 2. The molecule has 18 heteroatoms. The van der Waals surface area contributed by atoms with Crippen molar-refractivity contribution < 1.29 is 39.2 Å². The highest BCUT2D eigenvalue weighted by atomic mass is 32.2. The normalized spacial score (nSPS) is 19.2. The Morgan fingerprint density at radius 3 is 2.80 bits per heavy atom. The Balaban J connectivity index is 1.19. The van der Waals surface area contributed by atoms with Gasteiger partial charge in [-0.15, -0.1) is 34.9 Å². The number of carbonyl (C=O) groups is 4. The van der Waals surface area contributed by atoms with Gasteiger partial charge in [0.1, 0.15) is 24.2 Å². The molecule has 1 saturated heterocycles. The molecule has 0 spiro atoms. The number of hydrogen-bond acceptors (Lipinski definition) is 13. The van der Waals surface area contributed by atoms with E-state index in [-0.39, 0.29) is 27.0 Å². The fraction of sp³-hybridized carbons (Fsp3) is 0.321. The van der Waals surface area contributed by atoms with Crippen LogP contribution in [0.1, 0.15) is 39.9 Å². The minimum atomic E-state index is -1.52. The van der Waals surface area contributed by atoms with E-state index in [1.807, 2.05) is 19.3 Å². The van der Waals surface area contributed by atoms with Crippen LogP contribution >= 0.6 is 34.9 Å². The predicted octanol–water partition coefficient (Wildman–Crippen LogP) is -1.19. The zero-order valence-corrected chi connectivity index (χ0v) is 26.5. The first-order chi connectivity index (χ1) is 21.9. The third-order valence-corrected chi connectivity index (χ3v) is 11.1. The summed E-state index contributed by atoms with van der Waals surface area (Å²) in [6.45, 7) is 0. The number of aromatic hydroxyl groups is 1. The number of β-lactam (4-membered cyclic amide) rings is 1. The quantitative estimate of drug-likeness (QED) is 0.0776. The van der Waals surface area contributed by atoms with Crippen molar-refractivity contribution in [2.45, 2.75) is 41.6 Å². The first-order valence-corrected chi connectivity index (χ1v) is 16.8. The number of rotatable bonds is 9. The molecule has 1 aliphatic carbocycles. The summed E-state index contributed by atoms with van der Waals surface area (Å²) in [6, 6.07) is 0.0478. The van der Waals surface area contributed by atoms with Crippen LogP contribution in [0.3, 0.4) is 0 Å². The van der Waals surface area contributed by atoms with Gasteiger partial charge in [0.25, 0.3) is 11.8 Å². The van der Waals surface area contributed by atoms with E-state index in [0.717, 1.165) is 40.4 Å². The molecule has 3 aromatic rings. The van der Waals surface area contributed by atoms with Gasteiger partial charge in [0.2, 0.25) is 11.3 Å². The number of thioether (sulfide) groups is 2. The van der Waals surface area contributed by atoms with Gasteiger partial charge < -0.3 is 36.6 Å². The van der Waals surface area contributed by atoms with Crippen molar-refractivity contribution in [2.75, 3.05) is 17.2 Å². The number of fused-ring (bicyclic) bond motifs is 2. The van der Waals surface area contributed by atoms with Gasteiger partial charge in [0, 0.05) is 45.9 Å². The molecule has 0 radical (unpaired) electrons. The molecule has 3 atom stereocenters. The van der Waals surface area contributed by atoms with Crippen molar-refractivity contribution >= 4 is 63.7 Å². The molecule has 6 rings (SSSR count). The van der Waals surface area contributed by atoms with Crippen molar-refractivity contribution in [1.29, 1.82) is 0 Å². The Bertz CT molecular complexity index is 1890. The lowest BCUT2D eigenvalue weighted by Crippen LogP contribution is -2.71. The Kier molecular flexibility index (Phi) is 8.43. The molecule has 15 nitrogen and oxygen atoms in total. The van der Waals surface area contributed by atoms with Crippen LogP contribution in [-0.4, -0.2) is 71.5 Å². The average Bonchev–Trinajstić information content (AvgIpc) is 3.69. The maximum Gasteiger partial charge on any atom is 0.272 e. The molecule has 46 heavy (non-hydrogen) atoms. The van der Waals surface area contributed by atoms with Gasteiger partial charge in [0.05, 0.1) is 23.6 Å². The fourth-order valence-electron chi connectivity index (χ4n) is 5.67. The Morgan fingerprint density at radius 2 is 2.09 bits per heavy atom. The van der Waals surface area contributed by atoms with Crippen LogP contribution in [0.15, 0.2) is 50.9 Å². The van der Waals surface area contributed by atoms with Crippen molar-refractivity contribution in [2.24, 2.45) is 7.05 Å². The van der Waals surface area contributed by atoms with E-state index in [9.17, 15) is 39.4 Å². The van der Waals surface area contributed by atoms with Crippen LogP contribution in [0.25, 0.3) is 0 Å². The average molecular weight is 686 g/mol. The molecule has 3 aliphatic rings. The summed E-state index contributed by atoms with van der Waals surface area (Å²) in [5.41, 5.74) is 7.07. The van der Waals surface area contributed by atoms with Crippen LogP contribution in [0.2, 0.25) is 0 Å². The smallest absolute Gasteiger partial charge is 0.272 e. The van der Waals surface area contributed by atoms with Gasteiger partial charge in [-0.1, -0.05) is 0 Å². The number of aromatic nitrogens is 3. The molecule has 0 aromatic carbocycles. The summed E-state index contributed by atoms with van der Waals surface area (Å²) in [6.07, 6.45) is 5.60. The second-order valence-corrected chi connectivity index (χ2v) is 13.8. The van der Waals surface area contributed by atoms with Crippen molar-refractivity contribution in [3.05, 3.63) is 74.0 Å². The van der Waals surface area contributed by atoms with E-state index in [4.69, 9.17) is 5.73 Å². The van der Waals surface area contributed by atoms with Gasteiger partial charge in [-0.2, -0.15) is 4.73 Å². The maximum atomic E-state index is 13.5. The second kappa shape index (κ2) is 12.3. The Hall–Kier alpha value is -4.55. The lowest BCUT2D eigenvalue weighted by molar-refractivity contribution is -0.679. The molecular weight excluding hydrogens is 659 g/mol. The minimum Gasteiger partial charge on any atom is -0.543 e. The van der Waals surface area contributed by atoms with E-state index in [1.165, 1.54) is 40.2 Å². The molecular formula is C28H27N7O8S3. The summed E-state index contributed by atoms with van der Waals surface area (Å²) < 4.78 is 2.32. The topological polar surface area (TPSA) is 224 Å². The number of aryl methyl sites for hydroxylation is 1. The second-order valence-electron chi connectivity index (χ2n) is 10.8. The Morgan fingerprint density at radius 1 is 1.30 bits per heavy atom. The third kappa shape index (κ3) is 5.67. The van der Waals surface area contributed by atoms with Crippen molar-refractivity contribution in [1.82, 2.24) is 25.2 Å². The SMILES string of the molecule is C[n+]1ccc(SCC2=C(C(=O)[O-])N3C(=O)[C@@H](NC(=O)C(NC(=O)c4cc(=O)c(O)cn4O)c4csc(N)n4)[C@H]3SC2)c2c1CCC2. The van der Waals surface area contributed by atoms with E-state index in [0.29, 0.717) is 23.6 Å². The van der Waals surface area contributed by atoms with Crippen LogP contribution in [-0.2, 0) is 34.3 Å². The van der Waals surface area contributed by atoms with E-state index in [1.54, 1.807) is 0 Å². The van der Waals surface area contributed by atoms with Gasteiger partial charge in [-0.3, -0.25) is 24.1 Å². The standard InChI is InChI=1S/C28H27N7O8S3/c1-33-6-5-19(13-3-2-4-15(13)33)44-9-12-10-45-26-21(25(40)35(26)22(12)27(41)42)32-24(39)20(14-11-46-28(29)30-14)31-23(38)16-7-17(36)18(37)8-34(16)43/h5-8,11,20-21,26,43H,2-4,9-10H2,1H3,(H5-,29,30,31,32,37,38,39,41,42)/t20?,21-,26-/m1/s1. The number of nitrogens with zero attached hydrogens (tertiary/aromatic N) is 4. The number of carboxylic acid groups (broad SMARTS) is 1. The summed E-state index contributed by atoms with van der Waals surface area (Å²) in [7, 11) is 2.00. The summed E-state index contributed by atoms with van der Waals surface area (Å²) >= 11 is 3.80. The van der Waals surface area contributed by atoms with Crippen molar-refractivity contribution in [3.8, 4) is 5.75 Å². The van der Waals surface area contributed by atoms with Crippen molar-refractivity contribution in [3.63, 3.8) is 0 Å². The summed E-state index contributed by atoms with van der Waals surface area (Å²) in [5.74, 6) is -4.26. The lowest BCUT2D eigenvalue weighted by atomic mass is 10.0. The minimum absolute atomic E-state index is 0.0227. The molecule has 240 valence electrons. The van der Waals surface area contributed by atoms with E-state index < -0.39 is 58.0 Å². The highest BCUT2D eigenvalue weighted by Crippen LogP contribution is 2.42. The molecule has 2 aliphatic heterocycles. The number of pyridine rings is 2. The molecule has 0 saturated carbocycles. The monoisotopic (exact) mass is 685 g/mol. The number of hydrogen-bond donors (Lipinski definition) is 5. The fourth-order valence-corrected chi connectivity index (χ4v) is 8.85. The lowest BCUT2D eigenvalue weighted by Gasteiger charge is -2.51. The number of carbonyl (C=O) groups excluding carboxylic acids is 4. The number of amides is 3. The van der Waals surface area contributed by atoms with E-state index in [2.05, 4.69) is 20.2 Å². The maximum absolute atomic E-state index is 13.5. The molecule has 3 aromatic heterocycles. The number of anilines is 1. The summed E-state index contributed by atoms with van der Waals surface area (Å²) in [4.78, 5) is 70.2. The molecule has 5 heterocycles. The molecule has 1 fully saturated rings. The first-order valence-electron chi connectivity index (χ1n) is 13.9. The summed E-state index contributed by atoms with van der Waals surface area (Å²) in [5, 5.41) is 37.5. The molecule has 6 N–H and O–H groups in total. The number of carboxylic acids is 1. The van der Waals surface area contributed by atoms with Gasteiger partial charge in [-0.25, -0.2) is 9.55 Å². The van der Waals surface area contributed by atoms with Crippen LogP contribution in [0.4, 0.5) is 5.13 Å². The first kappa shape index (κ1) is 31.4. The highest BCUT2D eigenvalue weighted by molar-refractivity contribution is 8.01. The third-order valence-electron chi connectivity index (χ3n) is 7.92. The largest absolute Gasteiger partial charge is 0.543 e. The van der Waals surface area contributed by atoms with Crippen LogP contribution < -0.4 is 31.5 Å². The van der Waals surface area contributed by atoms with Gasteiger partial charge in [0.15, 0.2) is 28.8 Å². The zero-order valence-electron chi connectivity index (χ0n) is 24.1. The zero-order chi connectivity index (χ0) is 32.9. The number of aliphatic carboxylic acids is 1. The van der Waals surface area contributed by atoms with Gasteiger partial charge >= 0.3 is 0 Å². The highest BCUT2D eigenvalue weighted by Gasteiger charge is 2.53. The van der Waals surface area contributed by atoms with Crippen LogP contribution in [0, 0.1) is 0 Å². The number of nitrogen functional groups attached to an aromatic ring is 1. The molecule has 3 amide bonds. The Labute approximate surface area is 273 Å². The predicted molar refractivity (Wildman–Crippen MR) is 164 cm³/mol. The molecule has 1 unspecified atom stereocenters. The number of nitrogens with two attached hydrogens (primary N) is 1. The number of thiazole rings is 1. The van der Waals surface area contributed by atoms with Gasteiger partial charge in [-0.05, 0) is 18.4 Å². The van der Waals surface area contributed by atoms with E-state index >= 15 is 0 Å². The van der Waals surface area contributed by atoms with Crippen LogP contribution in [0.5, 0.6) is 5.75 Å². The molecule has 0 bridgehead atoms.